The highest BCUT2D eigenvalue weighted by Gasteiger charge is 2.27. The molecule has 0 unspecified atom stereocenters. The molecular formula is C23H32N2O3. The van der Waals surface area contributed by atoms with Gasteiger partial charge in [0.25, 0.3) is 5.91 Å². The van der Waals surface area contributed by atoms with Crippen LogP contribution in [0.25, 0.3) is 0 Å². The maximum Gasteiger partial charge on any atom is 0.260 e. The molecule has 1 saturated heterocycles. The van der Waals surface area contributed by atoms with Crippen molar-refractivity contribution in [2.45, 2.75) is 58.1 Å². The number of ether oxygens (including phenoxy) is 1. The van der Waals surface area contributed by atoms with E-state index in [1.54, 1.807) is 13.2 Å². The SMILES string of the molecule is C[C@H](Oc1ccc(C(C)(C)C)cc1)C(=O)NC[C@@H](c1ccco1)N1CCCC1. The number of carbonyl (C=O) groups excluding carboxylic acids is 1. The smallest absolute Gasteiger partial charge is 0.260 e. The predicted molar refractivity (Wildman–Crippen MR) is 110 cm³/mol. The third-order valence-electron chi connectivity index (χ3n) is 5.33. The number of carbonyl (C=O) groups is 1. The van der Waals surface area contributed by atoms with Crippen LogP contribution in [0.15, 0.2) is 47.1 Å². The molecule has 5 heteroatoms. The second kappa shape index (κ2) is 8.82. The van der Waals surface area contributed by atoms with Gasteiger partial charge in [0, 0.05) is 6.54 Å². The molecule has 0 radical (unpaired) electrons. The molecule has 1 aliphatic rings. The van der Waals surface area contributed by atoms with Gasteiger partial charge in [-0.1, -0.05) is 32.9 Å². The Morgan fingerprint density at radius 1 is 1.18 bits per heavy atom. The van der Waals surface area contributed by atoms with Gasteiger partial charge in [-0.05, 0) is 68.1 Å². The molecule has 1 fully saturated rings. The number of nitrogens with one attached hydrogen (secondary N) is 1. The third kappa shape index (κ3) is 5.16. The fraction of sp³-hybridized carbons (Fsp3) is 0.522. The number of benzene rings is 1. The zero-order valence-corrected chi connectivity index (χ0v) is 17.4. The van der Waals surface area contributed by atoms with Crippen LogP contribution < -0.4 is 10.1 Å². The third-order valence-corrected chi connectivity index (χ3v) is 5.33. The van der Waals surface area contributed by atoms with Crippen molar-refractivity contribution in [1.82, 2.24) is 10.2 Å². The highest BCUT2D eigenvalue weighted by Crippen LogP contribution is 2.26. The first-order valence-corrected chi connectivity index (χ1v) is 10.2. The van der Waals surface area contributed by atoms with Crippen LogP contribution in [0, 0.1) is 0 Å². The molecule has 0 aliphatic carbocycles. The summed E-state index contributed by atoms with van der Waals surface area (Å²) < 4.78 is 11.5. The first kappa shape index (κ1) is 20.5. The molecule has 3 rings (SSSR count). The van der Waals surface area contributed by atoms with Gasteiger partial charge < -0.3 is 14.5 Å². The monoisotopic (exact) mass is 384 g/mol. The van der Waals surface area contributed by atoms with Gasteiger partial charge in [-0.2, -0.15) is 0 Å². The van der Waals surface area contributed by atoms with Gasteiger partial charge in [0.2, 0.25) is 0 Å². The van der Waals surface area contributed by atoms with Crippen molar-refractivity contribution in [2.75, 3.05) is 19.6 Å². The van der Waals surface area contributed by atoms with E-state index in [2.05, 4.69) is 43.1 Å². The van der Waals surface area contributed by atoms with Crippen LogP contribution in [0.1, 0.15) is 57.9 Å². The molecule has 152 valence electrons. The van der Waals surface area contributed by atoms with Crippen LogP contribution >= 0.6 is 0 Å². The Labute approximate surface area is 168 Å². The summed E-state index contributed by atoms with van der Waals surface area (Å²) in [4.78, 5) is 14.9. The summed E-state index contributed by atoms with van der Waals surface area (Å²) in [7, 11) is 0. The Morgan fingerprint density at radius 3 is 2.43 bits per heavy atom. The molecule has 0 saturated carbocycles. The highest BCUT2D eigenvalue weighted by molar-refractivity contribution is 5.80. The van der Waals surface area contributed by atoms with E-state index in [4.69, 9.17) is 9.15 Å². The number of furan rings is 1. The summed E-state index contributed by atoms with van der Waals surface area (Å²) in [6.45, 7) is 10.9. The van der Waals surface area contributed by atoms with E-state index < -0.39 is 6.10 Å². The van der Waals surface area contributed by atoms with Gasteiger partial charge in [-0.15, -0.1) is 0 Å². The van der Waals surface area contributed by atoms with Gasteiger partial charge in [0.1, 0.15) is 11.5 Å². The lowest BCUT2D eigenvalue weighted by molar-refractivity contribution is -0.127. The van der Waals surface area contributed by atoms with Crippen LogP contribution in [0.5, 0.6) is 5.75 Å². The number of likely N-dealkylation sites (tertiary alicyclic amines) is 1. The predicted octanol–water partition coefficient (Wildman–Crippen LogP) is 4.30. The van der Waals surface area contributed by atoms with Crippen LogP contribution in [0.3, 0.4) is 0 Å². The summed E-state index contributed by atoms with van der Waals surface area (Å²) in [5.74, 6) is 1.49. The van der Waals surface area contributed by atoms with Gasteiger partial charge in [0.15, 0.2) is 6.10 Å². The average Bonchev–Trinajstić information content (AvgIpc) is 3.36. The van der Waals surface area contributed by atoms with Crippen LogP contribution in [-0.2, 0) is 10.2 Å². The van der Waals surface area contributed by atoms with E-state index in [-0.39, 0.29) is 17.4 Å². The first-order chi connectivity index (χ1) is 13.3. The standard InChI is InChI=1S/C23H32N2O3/c1-17(28-19-11-9-18(10-12-19)23(2,3)4)22(26)24-16-20(21-8-7-15-27-21)25-13-5-6-14-25/h7-12,15,17,20H,5-6,13-14,16H2,1-4H3,(H,24,26)/t17-,20-/m0/s1. The number of amides is 1. The quantitative estimate of drug-likeness (QED) is 0.773. The molecule has 1 aliphatic heterocycles. The summed E-state index contributed by atoms with van der Waals surface area (Å²) in [5.41, 5.74) is 1.33. The van der Waals surface area contributed by atoms with Crippen molar-refractivity contribution in [3.8, 4) is 5.75 Å². The van der Waals surface area contributed by atoms with Crippen molar-refractivity contribution < 1.29 is 13.9 Å². The van der Waals surface area contributed by atoms with E-state index >= 15 is 0 Å². The second-order valence-corrected chi connectivity index (χ2v) is 8.55. The van der Waals surface area contributed by atoms with Crippen molar-refractivity contribution in [2.24, 2.45) is 0 Å². The lowest BCUT2D eigenvalue weighted by Gasteiger charge is -2.26. The molecule has 2 heterocycles. The Morgan fingerprint density at radius 2 is 1.86 bits per heavy atom. The zero-order valence-electron chi connectivity index (χ0n) is 17.4. The number of hydrogen-bond acceptors (Lipinski definition) is 4. The Balaban J connectivity index is 1.55. The minimum atomic E-state index is -0.559. The largest absolute Gasteiger partial charge is 0.481 e. The molecule has 28 heavy (non-hydrogen) atoms. The Kier molecular flexibility index (Phi) is 6.45. The molecule has 2 atom stereocenters. The number of nitrogens with zero attached hydrogens (tertiary/aromatic N) is 1. The Bertz CT molecular complexity index is 741. The Hall–Kier alpha value is -2.27. The van der Waals surface area contributed by atoms with Gasteiger partial charge >= 0.3 is 0 Å². The van der Waals surface area contributed by atoms with Crippen LogP contribution in [-0.4, -0.2) is 36.5 Å². The maximum atomic E-state index is 12.6. The van der Waals surface area contributed by atoms with Gasteiger partial charge in [0.05, 0.1) is 12.3 Å². The molecule has 0 bridgehead atoms. The van der Waals surface area contributed by atoms with Crippen LogP contribution in [0.4, 0.5) is 0 Å². The molecule has 1 amide bonds. The average molecular weight is 385 g/mol. The van der Waals surface area contributed by atoms with Crippen molar-refractivity contribution in [3.63, 3.8) is 0 Å². The van der Waals surface area contributed by atoms with Crippen molar-refractivity contribution in [3.05, 3.63) is 54.0 Å². The number of hydrogen-bond donors (Lipinski definition) is 1. The normalized spacial score (nSPS) is 17.3. The molecule has 5 nitrogen and oxygen atoms in total. The minimum Gasteiger partial charge on any atom is -0.481 e. The first-order valence-electron chi connectivity index (χ1n) is 10.2. The van der Waals surface area contributed by atoms with Gasteiger partial charge in [-0.25, -0.2) is 0 Å². The highest BCUT2D eigenvalue weighted by atomic mass is 16.5. The summed E-state index contributed by atoms with van der Waals surface area (Å²) in [5, 5.41) is 3.04. The van der Waals surface area contributed by atoms with E-state index in [0.717, 1.165) is 18.8 Å². The lowest BCUT2D eigenvalue weighted by atomic mass is 9.87. The fourth-order valence-corrected chi connectivity index (χ4v) is 3.58. The van der Waals surface area contributed by atoms with Crippen molar-refractivity contribution >= 4 is 5.91 Å². The molecule has 0 spiro atoms. The molecular weight excluding hydrogens is 352 g/mol. The number of rotatable bonds is 7. The van der Waals surface area contributed by atoms with Gasteiger partial charge in [-0.3, -0.25) is 9.69 Å². The lowest BCUT2D eigenvalue weighted by Crippen LogP contribution is -2.41. The maximum absolute atomic E-state index is 12.6. The second-order valence-electron chi connectivity index (χ2n) is 8.55. The van der Waals surface area contributed by atoms with E-state index in [1.807, 2.05) is 24.3 Å². The fourth-order valence-electron chi connectivity index (χ4n) is 3.58. The van der Waals surface area contributed by atoms with Crippen molar-refractivity contribution in [1.29, 1.82) is 0 Å². The van der Waals surface area contributed by atoms with Crippen LogP contribution in [0.2, 0.25) is 0 Å². The molecule has 1 aromatic carbocycles. The van der Waals surface area contributed by atoms with E-state index in [0.29, 0.717) is 12.3 Å². The molecule has 1 aromatic heterocycles. The van der Waals surface area contributed by atoms with E-state index in [9.17, 15) is 4.79 Å². The summed E-state index contributed by atoms with van der Waals surface area (Å²) >= 11 is 0. The van der Waals surface area contributed by atoms with E-state index in [1.165, 1.54) is 18.4 Å². The summed E-state index contributed by atoms with van der Waals surface area (Å²) in [6, 6.07) is 11.9. The molecule has 2 aromatic rings. The minimum absolute atomic E-state index is 0.0692. The molecule has 1 N–H and O–H groups in total. The summed E-state index contributed by atoms with van der Waals surface area (Å²) in [6.07, 6.45) is 3.51. The topological polar surface area (TPSA) is 54.7 Å². The zero-order chi connectivity index (χ0) is 20.1.